The highest BCUT2D eigenvalue weighted by molar-refractivity contribution is 6.31. The predicted molar refractivity (Wildman–Crippen MR) is 104 cm³/mol. The molecule has 0 fully saturated rings. The second-order valence-corrected chi connectivity index (χ2v) is 6.52. The van der Waals surface area contributed by atoms with Crippen molar-refractivity contribution >= 4 is 29.3 Å². The van der Waals surface area contributed by atoms with E-state index in [0.717, 1.165) is 0 Å². The van der Waals surface area contributed by atoms with Crippen LogP contribution in [0.15, 0.2) is 40.5 Å². The van der Waals surface area contributed by atoms with E-state index in [2.05, 4.69) is 4.99 Å². The molecule has 1 aromatic rings. The number of hydrogen-bond donors (Lipinski definition) is 2. The third-order valence-corrected chi connectivity index (χ3v) is 4.60. The number of carbonyl (C=O) groups is 2. The Kier molecular flexibility index (Phi) is 7.53. The van der Waals surface area contributed by atoms with Crippen LogP contribution in [-0.4, -0.2) is 44.0 Å². The Morgan fingerprint density at radius 2 is 1.74 bits per heavy atom. The summed E-state index contributed by atoms with van der Waals surface area (Å²) in [7, 11) is 0. The first kappa shape index (κ1) is 21.1. The lowest BCUT2D eigenvalue weighted by Crippen LogP contribution is -2.37. The second-order valence-electron chi connectivity index (χ2n) is 6.11. The molecule has 0 amide bonds. The highest BCUT2D eigenvalue weighted by Crippen LogP contribution is 2.42. The smallest absolute Gasteiger partial charge is 0.336 e. The Hall–Kier alpha value is -2.22. The van der Waals surface area contributed by atoms with Crippen molar-refractivity contribution in [3.8, 4) is 0 Å². The molecular formula is C19H24ClN3O4. The summed E-state index contributed by atoms with van der Waals surface area (Å²) in [5, 5.41) is 0.436. The molecular weight excluding hydrogens is 370 g/mol. The van der Waals surface area contributed by atoms with Crippen molar-refractivity contribution in [2.45, 2.75) is 19.8 Å². The number of rotatable bonds is 7. The van der Waals surface area contributed by atoms with E-state index >= 15 is 0 Å². The Bertz CT molecular complexity index is 776. The minimum atomic E-state index is -0.805. The number of esters is 2. The molecule has 0 saturated heterocycles. The molecule has 146 valence electrons. The van der Waals surface area contributed by atoms with Crippen LogP contribution in [0.3, 0.4) is 0 Å². The zero-order chi connectivity index (χ0) is 20.0. The van der Waals surface area contributed by atoms with Crippen LogP contribution in [-0.2, 0) is 19.1 Å². The Morgan fingerprint density at radius 3 is 2.37 bits per heavy atom. The van der Waals surface area contributed by atoms with Crippen LogP contribution < -0.4 is 11.5 Å². The topological polar surface area (TPSA) is 117 Å². The first-order valence-electron chi connectivity index (χ1n) is 8.66. The largest absolute Gasteiger partial charge is 0.464 e. The van der Waals surface area contributed by atoms with E-state index < -0.39 is 23.8 Å². The third kappa shape index (κ3) is 4.74. The molecule has 2 rings (SSSR count). The van der Waals surface area contributed by atoms with Gasteiger partial charge in [0.15, 0.2) is 0 Å². The van der Waals surface area contributed by atoms with E-state index in [1.54, 1.807) is 38.1 Å². The normalized spacial score (nSPS) is 19.5. The van der Waals surface area contributed by atoms with Crippen LogP contribution >= 0.6 is 11.6 Å². The van der Waals surface area contributed by atoms with E-state index in [4.69, 9.17) is 32.5 Å². The number of aliphatic imine (C=N–C) groups is 1. The molecule has 2 unspecified atom stereocenters. The predicted octanol–water partition coefficient (Wildman–Crippen LogP) is 1.79. The molecule has 1 heterocycles. The van der Waals surface area contributed by atoms with E-state index in [9.17, 15) is 9.59 Å². The van der Waals surface area contributed by atoms with E-state index in [0.29, 0.717) is 22.0 Å². The lowest BCUT2D eigenvalue weighted by Gasteiger charge is -2.32. The molecule has 2 atom stereocenters. The number of nitrogens with two attached hydrogens (primary N) is 2. The number of allylic oxidation sites excluding steroid dienone is 1. The third-order valence-electron chi connectivity index (χ3n) is 4.26. The fourth-order valence-electron chi connectivity index (χ4n) is 3.15. The van der Waals surface area contributed by atoms with Crippen molar-refractivity contribution in [1.82, 2.24) is 0 Å². The summed E-state index contributed by atoms with van der Waals surface area (Å²) in [5.74, 6) is -2.56. The van der Waals surface area contributed by atoms with Gasteiger partial charge in [-0.05, 0) is 25.5 Å². The van der Waals surface area contributed by atoms with Crippen LogP contribution in [0.1, 0.15) is 25.3 Å². The van der Waals surface area contributed by atoms with Crippen LogP contribution in [0.2, 0.25) is 5.02 Å². The van der Waals surface area contributed by atoms with Gasteiger partial charge in [0.25, 0.3) is 0 Å². The van der Waals surface area contributed by atoms with Crippen LogP contribution in [0.25, 0.3) is 0 Å². The SMILES string of the molecule is CC1=NC(C)=C(C(=O)OCCN)C(c2ccccc2Cl)C1C(=O)OCCN. The molecule has 0 spiro atoms. The average Bonchev–Trinajstić information content (AvgIpc) is 2.64. The van der Waals surface area contributed by atoms with Gasteiger partial charge in [0, 0.05) is 35.4 Å². The minimum Gasteiger partial charge on any atom is -0.464 e. The summed E-state index contributed by atoms with van der Waals surface area (Å²) < 4.78 is 10.5. The van der Waals surface area contributed by atoms with Gasteiger partial charge in [0.2, 0.25) is 0 Å². The standard InChI is InChI=1S/C19H24ClN3O4/c1-11-15(18(24)26-9-7-21)17(13-5-3-4-6-14(13)20)16(12(2)23-11)19(25)27-10-8-22/h3-6,15,17H,7-10,21-22H2,1-2H3. The number of benzene rings is 1. The van der Waals surface area contributed by atoms with Crippen molar-refractivity contribution in [2.24, 2.45) is 22.4 Å². The highest BCUT2D eigenvalue weighted by atomic mass is 35.5. The van der Waals surface area contributed by atoms with Gasteiger partial charge >= 0.3 is 11.9 Å². The average molecular weight is 394 g/mol. The summed E-state index contributed by atoms with van der Waals surface area (Å²) in [5.41, 5.74) is 12.8. The Labute approximate surface area is 163 Å². The molecule has 0 aromatic heterocycles. The highest BCUT2D eigenvalue weighted by Gasteiger charge is 2.43. The molecule has 0 radical (unpaired) electrons. The molecule has 4 N–H and O–H groups in total. The fraction of sp³-hybridized carbons (Fsp3) is 0.421. The van der Waals surface area contributed by atoms with Gasteiger partial charge in [-0.3, -0.25) is 9.79 Å². The zero-order valence-electron chi connectivity index (χ0n) is 15.4. The number of carbonyl (C=O) groups excluding carboxylic acids is 2. The molecule has 0 saturated carbocycles. The Morgan fingerprint density at radius 1 is 1.11 bits per heavy atom. The van der Waals surface area contributed by atoms with Crippen molar-refractivity contribution in [1.29, 1.82) is 0 Å². The van der Waals surface area contributed by atoms with Crippen LogP contribution in [0, 0.1) is 5.92 Å². The van der Waals surface area contributed by atoms with Crippen molar-refractivity contribution in [2.75, 3.05) is 26.3 Å². The summed E-state index contributed by atoms with van der Waals surface area (Å²) in [6, 6.07) is 7.06. The number of ether oxygens (including phenoxy) is 2. The summed E-state index contributed by atoms with van der Waals surface area (Å²) in [4.78, 5) is 29.9. The minimum absolute atomic E-state index is 0.0653. The van der Waals surface area contributed by atoms with Gasteiger partial charge in [-0.25, -0.2) is 4.79 Å². The van der Waals surface area contributed by atoms with Gasteiger partial charge in [-0.1, -0.05) is 29.8 Å². The maximum atomic E-state index is 12.8. The quantitative estimate of drug-likeness (QED) is 0.682. The van der Waals surface area contributed by atoms with Gasteiger partial charge < -0.3 is 20.9 Å². The molecule has 1 aliphatic heterocycles. The molecule has 7 nitrogen and oxygen atoms in total. The molecule has 0 bridgehead atoms. The zero-order valence-corrected chi connectivity index (χ0v) is 16.2. The van der Waals surface area contributed by atoms with E-state index in [-0.39, 0.29) is 31.9 Å². The number of hydrogen-bond acceptors (Lipinski definition) is 7. The molecule has 1 aliphatic rings. The number of halogens is 1. The van der Waals surface area contributed by atoms with Gasteiger partial charge in [-0.15, -0.1) is 0 Å². The molecule has 27 heavy (non-hydrogen) atoms. The van der Waals surface area contributed by atoms with Crippen molar-refractivity contribution in [3.05, 3.63) is 46.1 Å². The van der Waals surface area contributed by atoms with Crippen molar-refractivity contribution < 1.29 is 19.1 Å². The fourth-order valence-corrected chi connectivity index (χ4v) is 3.40. The molecule has 1 aromatic carbocycles. The summed E-state index contributed by atoms with van der Waals surface area (Å²) >= 11 is 6.39. The van der Waals surface area contributed by atoms with E-state index in [1.165, 1.54) is 0 Å². The van der Waals surface area contributed by atoms with Gasteiger partial charge in [0.1, 0.15) is 19.1 Å². The van der Waals surface area contributed by atoms with Gasteiger partial charge in [0.05, 0.1) is 5.57 Å². The summed E-state index contributed by atoms with van der Waals surface area (Å²) in [6.45, 7) is 3.96. The number of nitrogens with zero attached hydrogens (tertiary/aromatic N) is 1. The first-order chi connectivity index (χ1) is 12.9. The second kappa shape index (κ2) is 9.64. The molecule has 8 heteroatoms. The van der Waals surface area contributed by atoms with Crippen molar-refractivity contribution in [3.63, 3.8) is 0 Å². The lowest BCUT2D eigenvalue weighted by atomic mass is 9.75. The van der Waals surface area contributed by atoms with Crippen LogP contribution in [0.5, 0.6) is 0 Å². The summed E-state index contributed by atoms with van der Waals surface area (Å²) in [6.07, 6.45) is 0. The molecule has 0 aliphatic carbocycles. The van der Waals surface area contributed by atoms with E-state index in [1.807, 2.05) is 0 Å². The Balaban J connectivity index is 2.57. The monoisotopic (exact) mass is 393 g/mol. The van der Waals surface area contributed by atoms with Crippen LogP contribution in [0.4, 0.5) is 0 Å². The first-order valence-corrected chi connectivity index (χ1v) is 9.04. The maximum Gasteiger partial charge on any atom is 0.336 e. The maximum absolute atomic E-state index is 12.8. The lowest BCUT2D eigenvalue weighted by molar-refractivity contribution is -0.146. The van der Waals surface area contributed by atoms with Gasteiger partial charge in [-0.2, -0.15) is 0 Å².